The van der Waals surface area contributed by atoms with Gasteiger partial charge in [-0.05, 0) is 29.8 Å². The minimum absolute atomic E-state index is 0.126. The molecule has 0 aliphatic heterocycles. The molecule has 0 aromatic heterocycles. The highest BCUT2D eigenvalue weighted by Gasteiger charge is 2.16. The van der Waals surface area contributed by atoms with Crippen LogP contribution in [0, 0.1) is 11.3 Å². The van der Waals surface area contributed by atoms with E-state index in [1.54, 1.807) is 48.5 Å². The molecule has 0 saturated heterocycles. The summed E-state index contributed by atoms with van der Waals surface area (Å²) in [7, 11) is -1.95. The van der Waals surface area contributed by atoms with Crippen molar-refractivity contribution in [3.8, 4) is 11.8 Å². The van der Waals surface area contributed by atoms with Gasteiger partial charge in [-0.15, -0.1) is 0 Å². The van der Waals surface area contributed by atoms with Gasteiger partial charge in [0.15, 0.2) is 9.84 Å². The zero-order valence-electron chi connectivity index (χ0n) is 10.9. The third-order valence-electron chi connectivity index (χ3n) is 2.85. The highest BCUT2D eigenvalue weighted by Crippen LogP contribution is 2.22. The Morgan fingerprint density at radius 1 is 1.15 bits per heavy atom. The van der Waals surface area contributed by atoms with Gasteiger partial charge >= 0.3 is 0 Å². The first-order valence-corrected chi connectivity index (χ1v) is 7.57. The van der Waals surface area contributed by atoms with E-state index in [0.29, 0.717) is 16.9 Å². The Bertz CT molecular complexity index is 746. The maximum absolute atomic E-state index is 12.2. The number of nitriles is 1. The largest absolute Gasteiger partial charge is 0.495 e. The lowest BCUT2D eigenvalue weighted by atomic mass is 10.1. The van der Waals surface area contributed by atoms with Crippen molar-refractivity contribution >= 4 is 9.84 Å². The second-order valence-corrected chi connectivity index (χ2v) is 6.21. The molecule has 0 atom stereocenters. The van der Waals surface area contributed by atoms with Gasteiger partial charge in [-0.1, -0.05) is 24.3 Å². The van der Waals surface area contributed by atoms with Crippen molar-refractivity contribution in [2.24, 2.45) is 0 Å². The second kappa shape index (κ2) is 5.76. The molecular weight excluding hydrogens is 274 g/mol. The minimum Gasteiger partial charge on any atom is -0.495 e. The smallest absolute Gasteiger partial charge is 0.182 e. The number of sulfone groups is 1. The van der Waals surface area contributed by atoms with Gasteiger partial charge in [0.05, 0.1) is 23.3 Å². The molecule has 5 heteroatoms. The summed E-state index contributed by atoms with van der Waals surface area (Å²) in [4.78, 5) is 0.281. The molecule has 0 spiro atoms. The Morgan fingerprint density at radius 3 is 2.45 bits per heavy atom. The van der Waals surface area contributed by atoms with Crippen molar-refractivity contribution in [3.63, 3.8) is 0 Å². The summed E-state index contributed by atoms with van der Waals surface area (Å²) in [6, 6.07) is 15.0. The number of hydrogen-bond donors (Lipinski definition) is 0. The number of nitrogens with zero attached hydrogens (tertiary/aromatic N) is 1. The number of benzene rings is 2. The number of hydrogen-bond acceptors (Lipinski definition) is 4. The topological polar surface area (TPSA) is 67.2 Å². The van der Waals surface area contributed by atoms with E-state index in [2.05, 4.69) is 0 Å². The monoisotopic (exact) mass is 287 g/mol. The predicted molar refractivity (Wildman–Crippen MR) is 75.0 cm³/mol. The van der Waals surface area contributed by atoms with Gasteiger partial charge in [0.2, 0.25) is 0 Å². The highest BCUT2D eigenvalue weighted by atomic mass is 32.2. The standard InChI is InChI=1S/C15H13NO3S/c1-19-15-9-12(7-8-13(15)10-16)11-20(17,18)14-5-3-2-4-6-14/h2-9H,11H2,1H3. The summed E-state index contributed by atoms with van der Waals surface area (Å²) >= 11 is 0. The third kappa shape index (κ3) is 2.98. The van der Waals surface area contributed by atoms with E-state index in [0.717, 1.165) is 0 Å². The number of methoxy groups -OCH3 is 1. The van der Waals surface area contributed by atoms with Crippen LogP contribution in [0.4, 0.5) is 0 Å². The van der Waals surface area contributed by atoms with Crippen LogP contribution in [0.3, 0.4) is 0 Å². The van der Waals surface area contributed by atoms with E-state index >= 15 is 0 Å². The Morgan fingerprint density at radius 2 is 1.85 bits per heavy atom. The van der Waals surface area contributed by atoms with Crippen molar-refractivity contribution in [1.29, 1.82) is 5.26 Å². The Kier molecular flexibility index (Phi) is 4.06. The fraction of sp³-hybridized carbons (Fsp3) is 0.133. The van der Waals surface area contributed by atoms with Crippen LogP contribution in [0.1, 0.15) is 11.1 Å². The van der Waals surface area contributed by atoms with Gasteiger partial charge in [0.1, 0.15) is 11.8 Å². The van der Waals surface area contributed by atoms with Crippen LogP contribution >= 0.6 is 0 Å². The van der Waals surface area contributed by atoms with Crippen molar-refractivity contribution in [2.45, 2.75) is 10.6 Å². The fourth-order valence-electron chi connectivity index (χ4n) is 1.85. The summed E-state index contributed by atoms with van der Waals surface area (Å²) in [5.41, 5.74) is 0.970. The molecule has 0 fully saturated rings. The molecule has 0 aliphatic carbocycles. The molecule has 0 saturated carbocycles. The predicted octanol–water partition coefficient (Wildman–Crippen LogP) is 2.54. The fourth-order valence-corrected chi connectivity index (χ4v) is 3.21. The summed E-state index contributed by atoms with van der Waals surface area (Å²) in [6.45, 7) is 0. The van der Waals surface area contributed by atoms with Gasteiger partial charge in [-0.25, -0.2) is 8.42 Å². The SMILES string of the molecule is COc1cc(CS(=O)(=O)c2ccccc2)ccc1C#N. The van der Waals surface area contributed by atoms with E-state index in [4.69, 9.17) is 10.00 Å². The van der Waals surface area contributed by atoms with Crippen LogP contribution in [0.15, 0.2) is 53.4 Å². The Hall–Kier alpha value is -2.32. The van der Waals surface area contributed by atoms with E-state index in [9.17, 15) is 8.42 Å². The number of rotatable bonds is 4. The zero-order chi connectivity index (χ0) is 14.6. The van der Waals surface area contributed by atoms with E-state index in [1.165, 1.54) is 7.11 Å². The molecule has 0 N–H and O–H groups in total. The quantitative estimate of drug-likeness (QED) is 0.866. The normalized spacial score (nSPS) is 10.8. The lowest BCUT2D eigenvalue weighted by Crippen LogP contribution is -2.05. The van der Waals surface area contributed by atoms with E-state index < -0.39 is 9.84 Å². The molecule has 2 aromatic carbocycles. The van der Waals surface area contributed by atoms with Gasteiger partial charge in [0.25, 0.3) is 0 Å². The van der Waals surface area contributed by atoms with Crippen LogP contribution in [-0.2, 0) is 15.6 Å². The van der Waals surface area contributed by atoms with Crippen LogP contribution in [0.25, 0.3) is 0 Å². The molecule has 0 heterocycles. The van der Waals surface area contributed by atoms with Crippen molar-refractivity contribution in [1.82, 2.24) is 0 Å². The lowest BCUT2D eigenvalue weighted by molar-refractivity contribution is 0.413. The summed E-state index contributed by atoms with van der Waals surface area (Å²) < 4.78 is 29.6. The maximum atomic E-state index is 12.2. The first kappa shape index (κ1) is 14.1. The molecule has 102 valence electrons. The average Bonchev–Trinajstić information content (AvgIpc) is 2.47. The highest BCUT2D eigenvalue weighted by molar-refractivity contribution is 7.90. The van der Waals surface area contributed by atoms with Crippen molar-refractivity contribution in [2.75, 3.05) is 7.11 Å². The Labute approximate surface area is 118 Å². The van der Waals surface area contributed by atoms with Crippen LogP contribution in [-0.4, -0.2) is 15.5 Å². The van der Waals surface area contributed by atoms with Crippen LogP contribution in [0.5, 0.6) is 5.75 Å². The molecule has 0 bridgehead atoms. The third-order valence-corrected chi connectivity index (χ3v) is 4.55. The summed E-state index contributed by atoms with van der Waals surface area (Å²) in [5, 5.41) is 8.90. The first-order chi connectivity index (χ1) is 9.56. The van der Waals surface area contributed by atoms with E-state index in [1.807, 2.05) is 6.07 Å². The molecule has 0 aliphatic rings. The molecule has 0 radical (unpaired) electrons. The summed E-state index contributed by atoms with van der Waals surface area (Å²) in [6.07, 6.45) is 0. The van der Waals surface area contributed by atoms with Gasteiger partial charge in [-0.2, -0.15) is 5.26 Å². The molecule has 2 rings (SSSR count). The molecule has 2 aromatic rings. The number of ether oxygens (including phenoxy) is 1. The molecular formula is C15H13NO3S. The van der Waals surface area contributed by atoms with E-state index in [-0.39, 0.29) is 10.6 Å². The van der Waals surface area contributed by atoms with Crippen LogP contribution in [0.2, 0.25) is 0 Å². The second-order valence-electron chi connectivity index (χ2n) is 4.22. The summed E-state index contributed by atoms with van der Waals surface area (Å²) in [5.74, 6) is 0.257. The molecule has 0 amide bonds. The zero-order valence-corrected chi connectivity index (χ0v) is 11.7. The lowest BCUT2D eigenvalue weighted by Gasteiger charge is -2.07. The van der Waals surface area contributed by atoms with Crippen molar-refractivity contribution in [3.05, 3.63) is 59.7 Å². The van der Waals surface area contributed by atoms with Gasteiger partial charge in [0, 0.05) is 0 Å². The maximum Gasteiger partial charge on any atom is 0.182 e. The Balaban J connectivity index is 2.34. The van der Waals surface area contributed by atoms with Gasteiger partial charge in [-0.3, -0.25) is 0 Å². The molecule has 4 nitrogen and oxygen atoms in total. The van der Waals surface area contributed by atoms with Crippen LogP contribution < -0.4 is 4.74 Å². The first-order valence-electron chi connectivity index (χ1n) is 5.91. The minimum atomic E-state index is -3.40. The molecule has 20 heavy (non-hydrogen) atoms. The van der Waals surface area contributed by atoms with Gasteiger partial charge < -0.3 is 4.74 Å². The average molecular weight is 287 g/mol. The van der Waals surface area contributed by atoms with Crippen molar-refractivity contribution < 1.29 is 13.2 Å². The molecule has 0 unspecified atom stereocenters.